The van der Waals surface area contributed by atoms with Crippen LogP contribution in [0.4, 0.5) is 10.1 Å². The van der Waals surface area contributed by atoms with Gasteiger partial charge in [0.25, 0.3) is 10.0 Å². The summed E-state index contributed by atoms with van der Waals surface area (Å²) in [5.74, 6) is -0.603. The number of hydrogen-bond acceptors (Lipinski definition) is 4. The monoisotopic (exact) mass is 310 g/mol. The van der Waals surface area contributed by atoms with E-state index in [0.717, 1.165) is 6.07 Å². The summed E-state index contributed by atoms with van der Waals surface area (Å²) in [4.78, 5) is 3.89. The van der Waals surface area contributed by atoms with Crippen molar-refractivity contribution in [2.45, 2.75) is 25.3 Å². The van der Waals surface area contributed by atoms with Crippen LogP contribution in [-0.2, 0) is 16.6 Å². The maximum atomic E-state index is 13.7. The van der Waals surface area contributed by atoms with Crippen LogP contribution in [0.15, 0.2) is 35.4 Å². The fraction of sp³-hybridized carbons (Fsp3) is 0.214. The largest absolute Gasteiger partial charge is 0.392 e. The van der Waals surface area contributed by atoms with Crippen molar-refractivity contribution >= 4 is 15.7 Å². The number of sulfonamides is 1. The maximum Gasteiger partial charge on any atom is 0.261 e. The summed E-state index contributed by atoms with van der Waals surface area (Å²) in [6.07, 6.45) is 1.55. The minimum Gasteiger partial charge on any atom is -0.392 e. The van der Waals surface area contributed by atoms with Crippen molar-refractivity contribution in [3.8, 4) is 0 Å². The van der Waals surface area contributed by atoms with Gasteiger partial charge in [-0.05, 0) is 43.7 Å². The van der Waals surface area contributed by atoms with E-state index in [1.54, 1.807) is 25.3 Å². The Kier molecular flexibility index (Phi) is 4.24. The van der Waals surface area contributed by atoms with E-state index in [2.05, 4.69) is 9.71 Å². The molecular formula is C14H15FN2O3S. The third kappa shape index (κ3) is 3.20. The number of aliphatic hydroxyl groups is 1. The van der Waals surface area contributed by atoms with Gasteiger partial charge < -0.3 is 5.11 Å². The van der Waals surface area contributed by atoms with Gasteiger partial charge in [0.15, 0.2) is 0 Å². The second kappa shape index (κ2) is 5.79. The molecule has 2 aromatic rings. The zero-order chi connectivity index (χ0) is 15.6. The Morgan fingerprint density at radius 3 is 2.67 bits per heavy atom. The minimum absolute atomic E-state index is 0.0571. The Morgan fingerprint density at radius 2 is 2.05 bits per heavy atom. The molecule has 0 amide bonds. The molecule has 112 valence electrons. The number of halogens is 1. The average Bonchev–Trinajstić information content (AvgIpc) is 2.44. The van der Waals surface area contributed by atoms with Crippen LogP contribution in [0.2, 0.25) is 0 Å². The van der Waals surface area contributed by atoms with Crippen LogP contribution in [0.5, 0.6) is 0 Å². The summed E-state index contributed by atoms with van der Waals surface area (Å²) in [5.41, 5.74) is 0.982. The van der Waals surface area contributed by atoms with Crippen LogP contribution >= 0.6 is 0 Å². The molecule has 5 nitrogen and oxygen atoms in total. The minimum atomic E-state index is -3.88. The van der Waals surface area contributed by atoms with Gasteiger partial charge in [0, 0.05) is 11.8 Å². The fourth-order valence-corrected chi connectivity index (χ4v) is 3.13. The molecule has 1 aromatic carbocycles. The third-order valence-corrected chi connectivity index (χ3v) is 4.38. The second-order valence-electron chi connectivity index (χ2n) is 4.61. The number of benzene rings is 1. The lowest BCUT2D eigenvalue weighted by atomic mass is 10.1. The Labute approximate surface area is 122 Å². The number of nitrogens with zero attached hydrogens (tertiary/aromatic N) is 1. The molecule has 0 saturated heterocycles. The first-order valence-corrected chi connectivity index (χ1v) is 7.68. The van der Waals surface area contributed by atoms with Gasteiger partial charge in [-0.2, -0.15) is 0 Å². The Hall–Kier alpha value is -1.99. The molecule has 0 aliphatic heterocycles. The van der Waals surface area contributed by atoms with E-state index in [4.69, 9.17) is 5.11 Å². The van der Waals surface area contributed by atoms with E-state index in [1.165, 1.54) is 13.0 Å². The van der Waals surface area contributed by atoms with Gasteiger partial charge >= 0.3 is 0 Å². The molecule has 0 radical (unpaired) electrons. The highest BCUT2D eigenvalue weighted by Gasteiger charge is 2.19. The summed E-state index contributed by atoms with van der Waals surface area (Å²) in [6, 6.07) is 5.54. The molecule has 0 saturated carbocycles. The molecular weight excluding hydrogens is 295 g/mol. The molecule has 0 unspecified atom stereocenters. The summed E-state index contributed by atoms with van der Waals surface area (Å²) in [5, 5.41) is 9.10. The highest BCUT2D eigenvalue weighted by Crippen LogP contribution is 2.22. The van der Waals surface area contributed by atoms with Crippen molar-refractivity contribution in [3.05, 3.63) is 53.1 Å². The number of nitrogens with one attached hydrogen (secondary N) is 1. The van der Waals surface area contributed by atoms with Gasteiger partial charge in [-0.25, -0.2) is 12.8 Å². The van der Waals surface area contributed by atoms with Gasteiger partial charge in [-0.15, -0.1) is 0 Å². The van der Waals surface area contributed by atoms with Crippen molar-refractivity contribution < 1.29 is 17.9 Å². The van der Waals surface area contributed by atoms with E-state index in [-0.39, 0.29) is 16.0 Å². The molecule has 1 aromatic heterocycles. The zero-order valence-electron chi connectivity index (χ0n) is 11.6. The van der Waals surface area contributed by atoms with E-state index >= 15 is 0 Å². The number of pyridine rings is 1. The molecule has 2 N–H and O–H groups in total. The van der Waals surface area contributed by atoms with E-state index in [0.29, 0.717) is 11.4 Å². The smallest absolute Gasteiger partial charge is 0.261 e. The molecule has 0 fully saturated rings. The maximum absolute atomic E-state index is 13.7. The molecule has 0 spiro atoms. The van der Waals surface area contributed by atoms with Crippen molar-refractivity contribution in [3.63, 3.8) is 0 Å². The quantitative estimate of drug-likeness (QED) is 0.906. The van der Waals surface area contributed by atoms with Gasteiger partial charge in [-0.3, -0.25) is 9.71 Å². The number of aryl methyl sites for hydroxylation is 2. The number of hydrogen-bond donors (Lipinski definition) is 2. The number of aliphatic hydroxyl groups excluding tert-OH is 1. The van der Waals surface area contributed by atoms with Crippen LogP contribution in [-0.4, -0.2) is 18.5 Å². The molecule has 1 heterocycles. The lowest BCUT2D eigenvalue weighted by Crippen LogP contribution is -2.15. The zero-order valence-corrected chi connectivity index (χ0v) is 12.4. The van der Waals surface area contributed by atoms with Crippen LogP contribution in [0.3, 0.4) is 0 Å². The van der Waals surface area contributed by atoms with Crippen LogP contribution < -0.4 is 4.72 Å². The van der Waals surface area contributed by atoms with Crippen molar-refractivity contribution in [2.75, 3.05) is 4.72 Å². The van der Waals surface area contributed by atoms with E-state index in [1.807, 2.05) is 0 Å². The lowest BCUT2D eigenvalue weighted by molar-refractivity contribution is 0.275. The molecule has 0 atom stereocenters. The Balaban J connectivity index is 2.45. The van der Waals surface area contributed by atoms with E-state index in [9.17, 15) is 12.8 Å². The van der Waals surface area contributed by atoms with Crippen LogP contribution in [0, 0.1) is 19.7 Å². The second-order valence-corrected chi connectivity index (χ2v) is 6.30. The first-order valence-electron chi connectivity index (χ1n) is 6.19. The third-order valence-electron chi connectivity index (χ3n) is 3.04. The highest BCUT2D eigenvalue weighted by atomic mass is 32.2. The predicted octanol–water partition coefficient (Wildman–Crippen LogP) is 2.13. The average molecular weight is 310 g/mol. The molecule has 7 heteroatoms. The summed E-state index contributed by atoms with van der Waals surface area (Å²) in [7, 11) is -3.88. The number of aromatic nitrogens is 1. The predicted molar refractivity (Wildman–Crippen MR) is 76.8 cm³/mol. The first kappa shape index (κ1) is 15.4. The Morgan fingerprint density at radius 1 is 1.33 bits per heavy atom. The van der Waals surface area contributed by atoms with Crippen LogP contribution in [0.1, 0.15) is 16.8 Å². The summed E-state index contributed by atoms with van der Waals surface area (Å²) < 4.78 is 40.8. The van der Waals surface area contributed by atoms with Gasteiger partial charge in [0.2, 0.25) is 0 Å². The molecule has 0 aliphatic carbocycles. The van der Waals surface area contributed by atoms with Gasteiger partial charge in [0.1, 0.15) is 5.82 Å². The Bertz CT molecular complexity index is 776. The van der Waals surface area contributed by atoms with Crippen molar-refractivity contribution in [1.82, 2.24) is 4.98 Å². The lowest BCUT2D eigenvalue weighted by Gasteiger charge is -2.12. The normalized spacial score (nSPS) is 11.4. The van der Waals surface area contributed by atoms with Gasteiger partial charge in [0.05, 0.1) is 22.9 Å². The summed E-state index contributed by atoms with van der Waals surface area (Å²) in [6.45, 7) is 2.55. The highest BCUT2D eigenvalue weighted by molar-refractivity contribution is 7.92. The van der Waals surface area contributed by atoms with Crippen LogP contribution in [0.25, 0.3) is 0 Å². The van der Waals surface area contributed by atoms with Crippen molar-refractivity contribution in [2.24, 2.45) is 0 Å². The number of anilines is 1. The standard InChI is InChI=1S/C14H15FN2O3S/c1-9-6-12(7-11(8-18)14(9)15)21(19,20)17-13-4-3-5-16-10(13)2/h3-7,17-18H,8H2,1-2H3. The topological polar surface area (TPSA) is 79.3 Å². The first-order chi connectivity index (χ1) is 9.85. The molecule has 0 bridgehead atoms. The molecule has 2 rings (SSSR count). The molecule has 21 heavy (non-hydrogen) atoms. The molecule has 0 aliphatic rings. The number of rotatable bonds is 4. The van der Waals surface area contributed by atoms with Gasteiger partial charge in [-0.1, -0.05) is 0 Å². The summed E-state index contributed by atoms with van der Waals surface area (Å²) >= 11 is 0. The van der Waals surface area contributed by atoms with Crippen molar-refractivity contribution in [1.29, 1.82) is 0 Å². The fourth-order valence-electron chi connectivity index (χ4n) is 1.87. The SMILES string of the molecule is Cc1cc(S(=O)(=O)Nc2cccnc2C)cc(CO)c1F. The van der Waals surface area contributed by atoms with E-state index < -0.39 is 22.4 Å².